The zero-order chi connectivity index (χ0) is 17.6. The summed E-state index contributed by atoms with van der Waals surface area (Å²) in [5.41, 5.74) is 4.41. The molecule has 0 atom stereocenters. The summed E-state index contributed by atoms with van der Waals surface area (Å²) < 4.78 is 6.98. The van der Waals surface area contributed by atoms with Gasteiger partial charge in [-0.1, -0.05) is 0 Å². The molecule has 8 heteroatoms. The molecule has 3 aromatic rings. The first-order valence-corrected chi connectivity index (χ1v) is 7.74. The molecular formula is C17H18N6O2. The number of aromatic hydroxyl groups is 1. The van der Waals surface area contributed by atoms with Gasteiger partial charge in [0.2, 0.25) is 0 Å². The van der Waals surface area contributed by atoms with Crippen LogP contribution in [0.1, 0.15) is 18.1 Å². The third-order valence-electron chi connectivity index (χ3n) is 3.29. The SMILES string of the molecule is CCOc1ccc(C=NNc2cc(-n3cc(C)cn3)ncn2)c(O)c1. The van der Waals surface area contributed by atoms with E-state index in [0.29, 0.717) is 29.6 Å². The van der Waals surface area contributed by atoms with Gasteiger partial charge in [0, 0.05) is 23.9 Å². The number of hydrogen-bond donors (Lipinski definition) is 2. The molecule has 0 fully saturated rings. The third kappa shape index (κ3) is 4.11. The van der Waals surface area contributed by atoms with Crippen molar-refractivity contribution in [3.8, 4) is 17.3 Å². The van der Waals surface area contributed by atoms with Crippen LogP contribution in [0.3, 0.4) is 0 Å². The van der Waals surface area contributed by atoms with Crippen LogP contribution < -0.4 is 10.2 Å². The smallest absolute Gasteiger partial charge is 0.158 e. The molecule has 0 saturated carbocycles. The van der Waals surface area contributed by atoms with Crippen molar-refractivity contribution in [2.24, 2.45) is 5.10 Å². The molecular weight excluding hydrogens is 320 g/mol. The molecule has 3 rings (SSSR count). The second-order valence-electron chi connectivity index (χ2n) is 5.25. The maximum atomic E-state index is 9.97. The van der Waals surface area contributed by atoms with E-state index in [4.69, 9.17) is 4.74 Å². The number of phenols is 1. The lowest BCUT2D eigenvalue weighted by Crippen LogP contribution is -2.01. The van der Waals surface area contributed by atoms with E-state index >= 15 is 0 Å². The predicted octanol–water partition coefficient (Wildman–Crippen LogP) is 2.52. The highest BCUT2D eigenvalue weighted by molar-refractivity contribution is 5.84. The molecule has 0 saturated heterocycles. The minimum absolute atomic E-state index is 0.0897. The monoisotopic (exact) mass is 338 g/mol. The van der Waals surface area contributed by atoms with E-state index in [0.717, 1.165) is 5.56 Å². The Kier molecular flexibility index (Phi) is 4.89. The molecule has 2 N–H and O–H groups in total. The van der Waals surface area contributed by atoms with Gasteiger partial charge in [0.1, 0.15) is 17.8 Å². The van der Waals surface area contributed by atoms with Crippen LogP contribution in [0, 0.1) is 6.92 Å². The molecule has 0 aliphatic heterocycles. The van der Waals surface area contributed by atoms with Gasteiger partial charge in [-0.25, -0.2) is 14.6 Å². The molecule has 25 heavy (non-hydrogen) atoms. The van der Waals surface area contributed by atoms with E-state index in [9.17, 15) is 5.11 Å². The van der Waals surface area contributed by atoms with Crippen molar-refractivity contribution >= 4 is 12.0 Å². The fourth-order valence-electron chi connectivity index (χ4n) is 2.13. The van der Waals surface area contributed by atoms with Gasteiger partial charge in [0.25, 0.3) is 0 Å². The van der Waals surface area contributed by atoms with Gasteiger partial charge in [-0.15, -0.1) is 0 Å². The number of hydrazone groups is 1. The largest absolute Gasteiger partial charge is 0.507 e. The lowest BCUT2D eigenvalue weighted by Gasteiger charge is -2.05. The highest BCUT2D eigenvalue weighted by Crippen LogP contribution is 2.22. The zero-order valence-corrected chi connectivity index (χ0v) is 13.9. The van der Waals surface area contributed by atoms with Crippen molar-refractivity contribution in [3.05, 3.63) is 54.1 Å². The highest BCUT2D eigenvalue weighted by Gasteiger charge is 2.03. The molecule has 0 aliphatic carbocycles. The minimum Gasteiger partial charge on any atom is -0.507 e. The molecule has 0 amide bonds. The second-order valence-corrected chi connectivity index (χ2v) is 5.25. The molecule has 2 aromatic heterocycles. The van der Waals surface area contributed by atoms with E-state index in [1.807, 2.05) is 20.0 Å². The van der Waals surface area contributed by atoms with Gasteiger partial charge in [0.05, 0.1) is 19.0 Å². The van der Waals surface area contributed by atoms with Crippen molar-refractivity contribution in [1.82, 2.24) is 19.7 Å². The van der Waals surface area contributed by atoms with Crippen molar-refractivity contribution in [3.63, 3.8) is 0 Å². The number of aromatic nitrogens is 4. The van der Waals surface area contributed by atoms with Crippen LogP contribution in [-0.4, -0.2) is 37.7 Å². The summed E-state index contributed by atoms with van der Waals surface area (Å²) in [6.07, 6.45) is 6.55. The Morgan fingerprint density at radius 2 is 2.20 bits per heavy atom. The first-order valence-electron chi connectivity index (χ1n) is 7.74. The summed E-state index contributed by atoms with van der Waals surface area (Å²) in [5, 5.41) is 18.3. The van der Waals surface area contributed by atoms with Gasteiger partial charge >= 0.3 is 0 Å². The number of ether oxygens (including phenoxy) is 1. The average molecular weight is 338 g/mol. The first-order chi connectivity index (χ1) is 12.2. The second kappa shape index (κ2) is 7.43. The van der Waals surface area contributed by atoms with Crippen LogP contribution >= 0.6 is 0 Å². The summed E-state index contributed by atoms with van der Waals surface area (Å²) in [4.78, 5) is 8.28. The molecule has 1 aromatic carbocycles. The Morgan fingerprint density at radius 3 is 2.92 bits per heavy atom. The fourth-order valence-corrected chi connectivity index (χ4v) is 2.13. The van der Waals surface area contributed by atoms with E-state index in [2.05, 4.69) is 25.6 Å². The molecule has 0 unspecified atom stereocenters. The number of phenolic OH excluding ortho intramolecular Hbond substituents is 1. The standard InChI is InChI=1S/C17H18N6O2/c1-3-25-14-5-4-13(15(24)6-14)9-20-22-16-7-17(19-11-18-16)23-10-12(2)8-21-23/h4-11,24H,3H2,1-2H3,(H,18,19,22). The number of nitrogens with one attached hydrogen (secondary N) is 1. The molecule has 8 nitrogen and oxygen atoms in total. The van der Waals surface area contributed by atoms with Gasteiger partial charge < -0.3 is 9.84 Å². The summed E-state index contributed by atoms with van der Waals surface area (Å²) in [6.45, 7) is 4.38. The number of hydrogen-bond acceptors (Lipinski definition) is 7. The Morgan fingerprint density at radius 1 is 1.32 bits per heavy atom. The van der Waals surface area contributed by atoms with Crippen LogP contribution in [0.4, 0.5) is 5.82 Å². The Labute approximate surface area is 144 Å². The number of benzene rings is 1. The molecule has 0 aliphatic rings. The van der Waals surface area contributed by atoms with E-state index in [1.54, 1.807) is 35.1 Å². The number of nitrogens with zero attached hydrogens (tertiary/aromatic N) is 5. The molecule has 128 valence electrons. The van der Waals surface area contributed by atoms with Gasteiger partial charge in [-0.2, -0.15) is 10.2 Å². The maximum Gasteiger partial charge on any atom is 0.158 e. The average Bonchev–Trinajstić information content (AvgIpc) is 3.04. The molecule has 2 heterocycles. The number of anilines is 1. The van der Waals surface area contributed by atoms with Gasteiger partial charge in [-0.05, 0) is 31.5 Å². The Balaban J connectivity index is 1.70. The Hall–Kier alpha value is -3.42. The van der Waals surface area contributed by atoms with Crippen LogP contribution in [0.5, 0.6) is 11.5 Å². The topological polar surface area (TPSA) is 97.5 Å². The maximum absolute atomic E-state index is 9.97. The van der Waals surface area contributed by atoms with Gasteiger partial charge in [0.15, 0.2) is 11.6 Å². The van der Waals surface area contributed by atoms with Crippen LogP contribution in [0.25, 0.3) is 5.82 Å². The minimum atomic E-state index is 0.0897. The molecule has 0 radical (unpaired) electrons. The lowest BCUT2D eigenvalue weighted by molar-refractivity contribution is 0.337. The van der Waals surface area contributed by atoms with Crippen LogP contribution in [0.2, 0.25) is 0 Å². The number of aryl methyl sites for hydroxylation is 1. The van der Waals surface area contributed by atoms with E-state index in [-0.39, 0.29) is 5.75 Å². The molecule has 0 spiro atoms. The third-order valence-corrected chi connectivity index (χ3v) is 3.29. The van der Waals surface area contributed by atoms with Crippen LogP contribution in [0.15, 0.2) is 48.1 Å². The van der Waals surface area contributed by atoms with Crippen molar-refractivity contribution < 1.29 is 9.84 Å². The highest BCUT2D eigenvalue weighted by atomic mass is 16.5. The van der Waals surface area contributed by atoms with Gasteiger partial charge in [-0.3, -0.25) is 5.43 Å². The van der Waals surface area contributed by atoms with E-state index < -0.39 is 0 Å². The fraction of sp³-hybridized carbons (Fsp3) is 0.176. The summed E-state index contributed by atoms with van der Waals surface area (Å²) in [6, 6.07) is 6.77. The van der Waals surface area contributed by atoms with Crippen molar-refractivity contribution in [2.45, 2.75) is 13.8 Å². The van der Waals surface area contributed by atoms with Crippen molar-refractivity contribution in [2.75, 3.05) is 12.0 Å². The Bertz CT molecular complexity index is 890. The molecule has 0 bridgehead atoms. The summed E-state index contributed by atoms with van der Waals surface area (Å²) >= 11 is 0. The summed E-state index contributed by atoms with van der Waals surface area (Å²) in [7, 11) is 0. The number of rotatable bonds is 6. The quantitative estimate of drug-likeness (QED) is 0.529. The zero-order valence-electron chi connectivity index (χ0n) is 13.9. The normalized spacial score (nSPS) is 11.0. The van der Waals surface area contributed by atoms with Crippen LogP contribution in [-0.2, 0) is 0 Å². The predicted molar refractivity (Wildman–Crippen MR) is 94.4 cm³/mol. The van der Waals surface area contributed by atoms with Crippen molar-refractivity contribution in [1.29, 1.82) is 0 Å². The van der Waals surface area contributed by atoms with E-state index in [1.165, 1.54) is 12.5 Å². The lowest BCUT2D eigenvalue weighted by atomic mass is 10.2. The summed E-state index contributed by atoms with van der Waals surface area (Å²) in [5.74, 6) is 1.84. The first kappa shape index (κ1) is 16.4.